The summed E-state index contributed by atoms with van der Waals surface area (Å²) >= 11 is 5.98. The number of halogens is 1. The number of Topliss-reactive ketones (excluding diaryl/α,β-unsaturated/α-hetero) is 1. The van der Waals surface area contributed by atoms with Crippen LogP contribution in [0.4, 0.5) is 0 Å². The first-order chi connectivity index (χ1) is 7.66. The van der Waals surface area contributed by atoms with Crippen molar-refractivity contribution in [2.75, 3.05) is 20.1 Å². The lowest BCUT2D eigenvalue weighted by atomic mass is 10.1. The number of rotatable bonds is 5. The summed E-state index contributed by atoms with van der Waals surface area (Å²) in [6.07, 6.45) is 2.62. The second-order valence-electron chi connectivity index (χ2n) is 4.54. The van der Waals surface area contributed by atoms with E-state index < -0.39 is 0 Å². The number of ketones is 1. The van der Waals surface area contributed by atoms with Crippen LogP contribution in [0.3, 0.4) is 0 Å². The molecule has 0 amide bonds. The van der Waals surface area contributed by atoms with E-state index in [0.29, 0.717) is 17.1 Å². The molecule has 2 rings (SSSR count). The highest BCUT2D eigenvalue weighted by atomic mass is 35.5. The minimum absolute atomic E-state index is 0.105. The summed E-state index contributed by atoms with van der Waals surface area (Å²) in [5.74, 6) is 0.915. The van der Waals surface area contributed by atoms with Crippen molar-refractivity contribution in [2.45, 2.75) is 12.8 Å². The van der Waals surface area contributed by atoms with Crippen LogP contribution in [-0.2, 0) is 0 Å². The Balaban J connectivity index is 1.94. The number of carbonyl (C=O) groups is 1. The zero-order chi connectivity index (χ0) is 11.5. The van der Waals surface area contributed by atoms with Gasteiger partial charge in [0.2, 0.25) is 0 Å². The molecule has 1 saturated carbocycles. The molecule has 3 heteroatoms. The minimum atomic E-state index is 0.105. The third-order valence-electron chi connectivity index (χ3n) is 2.85. The van der Waals surface area contributed by atoms with Crippen LogP contribution in [0, 0.1) is 5.92 Å². The minimum Gasteiger partial charge on any atom is -0.299 e. The van der Waals surface area contributed by atoms with Crippen LogP contribution in [0.2, 0.25) is 5.02 Å². The van der Waals surface area contributed by atoms with Crippen LogP contribution in [-0.4, -0.2) is 30.8 Å². The van der Waals surface area contributed by atoms with Gasteiger partial charge in [0.15, 0.2) is 5.78 Å². The highest BCUT2D eigenvalue weighted by Gasteiger charge is 2.23. The van der Waals surface area contributed by atoms with E-state index in [4.69, 9.17) is 11.6 Å². The molecule has 0 heterocycles. The highest BCUT2D eigenvalue weighted by Crippen LogP contribution is 2.29. The molecule has 0 bridgehead atoms. The first-order valence-electron chi connectivity index (χ1n) is 5.63. The summed E-state index contributed by atoms with van der Waals surface area (Å²) in [6.45, 7) is 1.48. The van der Waals surface area contributed by atoms with Crippen molar-refractivity contribution >= 4 is 17.4 Å². The molecule has 0 aliphatic heterocycles. The van der Waals surface area contributed by atoms with E-state index in [9.17, 15) is 4.79 Å². The van der Waals surface area contributed by atoms with E-state index in [1.165, 1.54) is 12.8 Å². The Labute approximate surface area is 101 Å². The molecule has 0 unspecified atom stereocenters. The van der Waals surface area contributed by atoms with Gasteiger partial charge in [0.05, 0.1) is 11.6 Å². The van der Waals surface area contributed by atoms with E-state index in [2.05, 4.69) is 4.90 Å². The standard InChI is InChI=1S/C13H16ClNO/c1-15(8-10-6-7-10)9-13(16)11-4-2-3-5-12(11)14/h2-5,10H,6-9H2,1H3. The van der Waals surface area contributed by atoms with Gasteiger partial charge in [-0.2, -0.15) is 0 Å². The summed E-state index contributed by atoms with van der Waals surface area (Å²) in [4.78, 5) is 14.0. The Morgan fingerprint density at radius 1 is 1.44 bits per heavy atom. The quantitative estimate of drug-likeness (QED) is 0.734. The van der Waals surface area contributed by atoms with Gasteiger partial charge >= 0.3 is 0 Å². The predicted octanol–water partition coefficient (Wildman–Crippen LogP) is 2.86. The fourth-order valence-electron chi connectivity index (χ4n) is 1.82. The maximum absolute atomic E-state index is 12.0. The van der Waals surface area contributed by atoms with Crippen molar-refractivity contribution in [3.63, 3.8) is 0 Å². The van der Waals surface area contributed by atoms with Crippen molar-refractivity contribution in [3.05, 3.63) is 34.9 Å². The molecule has 0 saturated heterocycles. The normalized spacial score (nSPS) is 15.4. The average molecular weight is 238 g/mol. The number of carbonyl (C=O) groups excluding carboxylic acids is 1. The van der Waals surface area contributed by atoms with Gasteiger partial charge in [-0.15, -0.1) is 0 Å². The van der Waals surface area contributed by atoms with Gasteiger partial charge in [-0.25, -0.2) is 0 Å². The van der Waals surface area contributed by atoms with E-state index in [1.54, 1.807) is 12.1 Å². The third-order valence-corrected chi connectivity index (χ3v) is 3.18. The molecule has 86 valence electrons. The van der Waals surface area contributed by atoms with Gasteiger partial charge in [0.1, 0.15) is 0 Å². The predicted molar refractivity (Wildman–Crippen MR) is 66.0 cm³/mol. The van der Waals surface area contributed by atoms with E-state index in [1.807, 2.05) is 19.2 Å². The fraction of sp³-hybridized carbons (Fsp3) is 0.462. The van der Waals surface area contributed by atoms with Gasteiger partial charge in [-0.1, -0.05) is 23.7 Å². The molecule has 0 spiro atoms. The molecule has 16 heavy (non-hydrogen) atoms. The Bertz CT molecular complexity index is 387. The molecule has 1 fully saturated rings. The largest absolute Gasteiger partial charge is 0.299 e. The fourth-order valence-corrected chi connectivity index (χ4v) is 2.06. The Morgan fingerprint density at radius 3 is 2.75 bits per heavy atom. The zero-order valence-electron chi connectivity index (χ0n) is 9.45. The molecule has 0 N–H and O–H groups in total. The van der Waals surface area contributed by atoms with Crippen LogP contribution >= 0.6 is 11.6 Å². The maximum Gasteiger partial charge on any atom is 0.178 e. The molecule has 2 nitrogen and oxygen atoms in total. The second kappa shape index (κ2) is 4.98. The van der Waals surface area contributed by atoms with Gasteiger partial charge in [0, 0.05) is 12.1 Å². The first-order valence-corrected chi connectivity index (χ1v) is 6.01. The highest BCUT2D eigenvalue weighted by molar-refractivity contribution is 6.34. The number of hydrogen-bond acceptors (Lipinski definition) is 2. The molecule has 0 aromatic heterocycles. The lowest BCUT2D eigenvalue weighted by molar-refractivity contribution is 0.0944. The summed E-state index contributed by atoms with van der Waals surface area (Å²) in [7, 11) is 1.99. The molecule has 0 atom stereocenters. The van der Waals surface area contributed by atoms with Crippen LogP contribution in [0.25, 0.3) is 0 Å². The smallest absolute Gasteiger partial charge is 0.178 e. The summed E-state index contributed by atoms with van der Waals surface area (Å²) in [6, 6.07) is 7.23. The Hall–Kier alpha value is -0.860. The Kier molecular flexibility index (Phi) is 3.62. The molecular weight excluding hydrogens is 222 g/mol. The van der Waals surface area contributed by atoms with Gasteiger partial charge in [-0.05, 0) is 37.9 Å². The van der Waals surface area contributed by atoms with Crippen molar-refractivity contribution in [1.29, 1.82) is 0 Å². The number of benzene rings is 1. The van der Waals surface area contributed by atoms with Crippen molar-refractivity contribution in [3.8, 4) is 0 Å². The molecule has 1 aromatic rings. The van der Waals surface area contributed by atoms with E-state index >= 15 is 0 Å². The average Bonchev–Trinajstić information content (AvgIpc) is 3.01. The lowest BCUT2D eigenvalue weighted by Crippen LogP contribution is -2.28. The van der Waals surface area contributed by atoms with Crippen LogP contribution in [0.5, 0.6) is 0 Å². The third kappa shape index (κ3) is 3.06. The van der Waals surface area contributed by atoms with E-state index in [0.717, 1.165) is 12.5 Å². The first kappa shape index (κ1) is 11.6. The number of hydrogen-bond donors (Lipinski definition) is 0. The van der Waals surface area contributed by atoms with Crippen molar-refractivity contribution < 1.29 is 4.79 Å². The maximum atomic E-state index is 12.0. The number of likely N-dealkylation sites (N-methyl/N-ethyl adjacent to an activating group) is 1. The summed E-state index contributed by atoms with van der Waals surface area (Å²) in [5.41, 5.74) is 0.631. The SMILES string of the molecule is CN(CC(=O)c1ccccc1Cl)CC1CC1. The Morgan fingerprint density at radius 2 is 2.12 bits per heavy atom. The zero-order valence-corrected chi connectivity index (χ0v) is 10.2. The van der Waals surface area contributed by atoms with Crippen molar-refractivity contribution in [2.24, 2.45) is 5.92 Å². The van der Waals surface area contributed by atoms with Crippen LogP contribution < -0.4 is 0 Å². The molecule has 1 aliphatic rings. The van der Waals surface area contributed by atoms with Gasteiger partial charge < -0.3 is 0 Å². The lowest BCUT2D eigenvalue weighted by Gasteiger charge is -2.15. The number of nitrogens with zero attached hydrogens (tertiary/aromatic N) is 1. The van der Waals surface area contributed by atoms with Crippen molar-refractivity contribution in [1.82, 2.24) is 4.90 Å². The van der Waals surface area contributed by atoms with Crippen LogP contribution in [0.15, 0.2) is 24.3 Å². The second-order valence-corrected chi connectivity index (χ2v) is 4.95. The van der Waals surface area contributed by atoms with Gasteiger partial charge in [0.25, 0.3) is 0 Å². The topological polar surface area (TPSA) is 20.3 Å². The molecule has 1 aromatic carbocycles. The van der Waals surface area contributed by atoms with E-state index in [-0.39, 0.29) is 5.78 Å². The summed E-state index contributed by atoms with van der Waals surface area (Å²) in [5, 5.41) is 0.548. The van der Waals surface area contributed by atoms with Gasteiger partial charge in [-0.3, -0.25) is 9.69 Å². The van der Waals surface area contributed by atoms with Crippen LogP contribution in [0.1, 0.15) is 23.2 Å². The molecular formula is C13H16ClNO. The molecule has 0 radical (unpaired) electrons. The molecule has 1 aliphatic carbocycles. The summed E-state index contributed by atoms with van der Waals surface area (Å²) < 4.78 is 0. The monoisotopic (exact) mass is 237 g/mol.